The van der Waals surface area contributed by atoms with Crippen LogP contribution in [0.4, 0.5) is 21.0 Å². The molecule has 2 aliphatic rings. The lowest BCUT2D eigenvalue weighted by molar-refractivity contribution is -0.118. The fraction of sp³-hybridized carbons (Fsp3) is 0.375. The van der Waals surface area contributed by atoms with Gasteiger partial charge in [-0.05, 0) is 43.0 Å². The van der Waals surface area contributed by atoms with Gasteiger partial charge in [0.25, 0.3) is 5.91 Å². The number of hydrogen-bond donors (Lipinski definition) is 2. The van der Waals surface area contributed by atoms with Gasteiger partial charge in [-0.3, -0.25) is 4.79 Å². The Morgan fingerprint density at radius 2 is 1.84 bits per heavy atom. The van der Waals surface area contributed by atoms with Crippen molar-refractivity contribution in [1.82, 2.24) is 10.2 Å². The van der Waals surface area contributed by atoms with Crippen molar-refractivity contribution in [2.45, 2.75) is 44.9 Å². The Morgan fingerprint density at radius 1 is 1.09 bits per heavy atom. The number of ether oxygens (including phenoxy) is 1. The van der Waals surface area contributed by atoms with Gasteiger partial charge in [0.1, 0.15) is 6.04 Å². The Bertz CT molecular complexity index is 973. The summed E-state index contributed by atoms with van der Waals surface area (Å²) < 4.78 is 5.99. The molecule has 2 aromatic rings. The molecule has 0 aromatic heterocycles. The Kier molecular flexibility index (Phi) is 6.70. The monoisotopic (exact) mass is 436 g/mol. The second kappa shape index (κ2) is 9.82. The lowest BCUT2D eigenvalue weighted by Gasteiger charge is -2.32. The first-order chi connectivity index (χ1) is 15.5. The lowest BCUT2D eigenvalue weighted by atomic mass is 10.1. The van der Waals surface area contributed by atoms with Gasteiger partial charge in [0.15, 0.2) is 0 Å². The van der Waals surface area contributed by atoms with Gasteiger partial charge in [-0.1, -0.05) is 43.3 Å². The Hall–Kier alpha value is -3.39. The summed E-state index contributed by atoms with van der Waals surface area (Å²) >= 11 is 0. The molecule has 32 heavy (non-hydrogen) atoms. The summed E-state index contributed by atoms with van der Waals surface area (Å²) in [6, 6.07) is 15.7. The molecule has 2 aliphatic heterocycles. The minimum Gasteiger partial charge on any atom is -0.373 e. The van der Waals surface area contributed by atoms with E-state index in [0.717, 1.165) is 23.3 Å². The number of carbonyl (C=O) groups is 3. The van der Waals surface area contributed by atoms with E-state index >= 15 is 0 Å². The molecule has 4 rings (SSSR count). The SMILES string of the molecule is CCC1NC(=O)N(c2cccc(NC(=O)N3CCC(OCc4ccccc4)CC3)c2)C1=O. The highest BCUT2D eigenvalue weighted by Crippen LogP contribution is 2.24. The van der Waals surface area contributed by atoms with E-state index in [1.165, 1.54) is 0 Å². The molecule has 0 aliphatic carbocycles. The number of nitrogens with one attached hydrogen (secondary N) is 2. The zero-order valence-corrected chi connectivity index (χ0v) is 18.1. The molecule has 0 bridgehead atoms. The molecular weight excluding hydrogens is 408 g/mol. The maximum Gasteiger partial charge on any atom is 0.329 e. The second-order valence-corrected chi connectivity index (χ2v) is 8.05. The number of piperidine rings is 1. The largest absolute Gasteiger partial charge is 0.373 e. The summed E-state index contributed by atoms with van der Waals surface area (Å²) in [4.78, 5) is 40.2. The number of likely N-dealkylation sites (tertiary alicyclic amines) is 1. The molecule has 1 unspecified atom stereocenters. The molecule has 0 saturated carbocycles. The molecule has 2 fully saturated rings. The van der Waals surface area contributed by atoms with Crippen molar-refractivity contribution in [2.75, 3.05) is 23.3 Å². The van der Waals surface area contributed by atoms with Crippen LogP contribution in [0.1, 0.15) is 31.7 Å². The minimum atomic E-state index is -0.508. The van der Waals surface area contributed by atoms with Gasteiger partial charge < -0.3 is 20.3 Å². The van der Waals surface area contributed by atoms with Gasteiger partial charge in [-0.15, -0.1) is 0 Å². The summed E-state index contributed by atoms with van der Waals surface area (Å²) in [6.07, 6.45) is 2.22. The van der Waals surface area contributed by atoms with Gasteiger partial charge >= 0.3 is 12.1 Å². The highest BCUT2D eigenvalue weighted by atomic mass is 16.5. The highest BCUT2D eigenvalue weighted by Gasteiger charge is 2.38. The van der Waals surface area contributed by atoms with Gasteiger partial charge in [0, 0.05) is 18.8 Å². The fourth-order valence-electron chi connectivity index (χ4n) is 3.99. The third-order valence-electron chi connectivity index (χ3n) is 5.84. The van der Waals surface area contributed by atoms with Crippen LogP contribution in [0.25, 0.3) is 0 Å². The summed E-state index contributed by atoms with van der Waals surface area (Å²) in [5.41, 5.74) is 2.12. The molecule has 1 atom stereocenters. The van der Waals surface area contributed by atoms with Crippen LogP contribution in [0.5, 0.6) is 0 Å². The molecule has 0 spiro atoms. The maximum atomic E-state index is 12.7. The van der Waals surface area contributed by atoms with E-state index in [0.29, 0.717) is 37.5 Å². The topological polar surface area (TPSA) is 91.0 Å². The third kappa shape index (κ3) is 4.91. The van der Waals surface area contributed by atoms with E-state index in [-0.39, 0.29) is 18.0 Å². The van der Waals surface area contributed by atoms with Crippen molar-refractivity contribution >= 4 is 29.3 Å². The molecule has 2 saturated heterocycles. The van der Waals surface area contributed by atoms with Crippen molar-refractivity contribution < 1.29 is 19.1 Å². The number of imide groups is 1. The Balaban J connectivity index is 1.30. The number of rotatable bonds is 6. The average Bonchev–Trinajstić information content (AvgIpc) is 3.11. The first-order valence-electron chi connectivity index (χ1n) is 11.0. The highest BCUT2D eigenvalue weighted by molar-refractivity contribution is 6.21. The number of benzene rings is 2. The van der Waals surface area contributed by atoms with Crippen LogP contribution in [-0.4, -0.2) is 48.1 Å². The third-order valence-corrected chi connectivity index (χ3v) is 5.84. The summed E-state index contributed by atoms with van der Waals surface area (Å²) in [5.74, 6) is -0.279. The van der Waals surface area contributed by atoms with Gasteiger partial charge in [0.2, 0.25) is 0 Å². The molecular formula is C24H28N4O4. The first-order valence-corrected chi connectivity index (χ1v) is 11.0. The number of carbonyl (C=O) groups excluding carboxylic acids is 3. The van der Waals surface area contributed by atoms with E-state index in [4.69, 9.17) is 4.74 Å². The zero-order valence-electron chi connectivity index (χ0n) is 18.1. The molecule has 5 amide bonds. The fourth-order valence-corrected chi connectivity index (χ4v) is 3.99. The van der Waals surface area contributed by atoms with E-state index in [9.17, 15) is 14.4 Å². The number of anilines is 2. The smallest absolute Gasteiger partial charge is 0.329 e. The Morgan fingerprint density at radius 3 is 2.53 bits per heavy atom. The van der Waals surface area contributed by atoms with Crippen LogP contribution in [0.15, 0.2) is 54.6 Å². The quantitative estimate of drug-likeness (QED) is 0.675. The van der Waals surface area contributed by atoms with Crippen molar-refractivity contribution in [2.24, 2.45) is 0 Å². The van der Waals surface area contributed by atoms with Gasteiger partial charge in [0.05, 0.1) is 18.4 Å². The number of nitrogens with zero attached hydrogens (tertiary/aromatic N) is 2. The zero-order chi connectivity index (χ0) is 22.5. The van der Waals surface area contributed by atoms with Crippen LogP contribution in [0, 0.1) is 0 Å². The van der Waals surface area contributed by atoms with Crippen molar-refractivity contribution in [3.63, 3.8) is 0 Å². The maximum absolute atomic E-state index is 12.7. The van der Waals surface area contributed by atoms with Crippen LogP contribution in [0.3, 0.4) is 0 Å². The summed E-state index contributed by atoms with van der Waals surface area (Å²) in [6.45, 7) is 3.64. The predicted molar refractivity (Wildman–Crippen MR) is 121 cm³/mol. The lowest BCUT2D eigenvalue weighted by Crippen LogP contribution is -2.43. The second-order valence-electron chi connectivity index (χ2n) is 8.05. The Labute approximate surface area is 187 Å². The van der Waals surface area contributed by atoms with Crippen molar-refractivity contribution in [1.29, 1.82) is 0 Å². The van der Waals surface area contributed by atoms with E-state index in [1.807, 2.05) is 37.3 Å². The molecule has 2 N–H and O–H groups in total. The molecule has 2 aromatic carbocycles. The molecule has 2 heterocycles. The summed E-state index contributed by atoms with van der Waals surface area (Å²) in [7, 11) is 0. The molecule has 168 valence electrons. The molecule has 8 heteroatoms. The van der Waals surface area contributed by atoms with Crippen LogP contribution in [-0.2, 0) is 16.1 Å². The standard InChI is InChI=1S/C24H28N4O4/c1-2-21-22(29)28(24(31)26-21)19-10-6-9-18(15-19)25-23(30)27-13-11-20(12-14-27)32-16-17-7-4-3-5-8-17/h3-10,15,20-21H,2,11-14,16H2,1H3,(H,25,30)(H,26,31). The van der Waals surface area contributed by atoms with E-state index in [1.54, 1.807) is 29.2 Å². The van der Waals surface area contributed by atoms with E-state index in [2.05, 4.69) is 10.6 Å². The van der Waals surface area contributed by atoms with E-state index < -0.39 is 12.1 Å². The number of hydrogen-bond acceptors (Lipinski definition) is 4. The van der Waals surface area contributed by atoms with Crippen molar-refractivity contribution in [3.8, 4) is 0 Å². The number of urea groups is 2. The van der Waals surface area contributed by atoms with Gasteiger partial charge in [-0.2, -0.15) is 0 Å². The molecule has 0 radical (unpaired) electrons. The van der Waals surface area contributed by atoms with Crippen molar-refractivity contribution in [3.05, 3.63) is 60.2 Å². The van der Waals surface area contributed by atoms with Gasteiger partial charge in [-0.25, -0.2) is 14.5 Å². The number of amides is 5. The van der Waals surface area contributed by atoms with Crippen LogP contribution in [0.2, 0.25) is 0 Å². The molecule has 8 nitrogen and oxygen atoms in total. The van der Waals surface area contributed by atoms with Crippen LogP contribution < -0.4 is 15.5 Å². The predicted octanol–water partition coefficient (Wildman–Crippen LogP) is 3.73. The first kappa shape index (κ1) is 21.8. The average molecular weight is 437 g/mol. The van der Waals surface area contributed by atoms with Crippen LogP contribution >= 0.6 is 0 Å². The minimum absolute atomic E-state index is 0.133. The summed E-state index contributed by atoms with van der Waals surface area (Å²) in [5, 5.41) is 5.55. The normalized spacial score (nSPS) is 19.2.